The van der Waals surface area contributed by atoms with Crippen LogP contribution in [0.3, 0.4) is 0 Å². The van der Waals surface area contributed by atoms with Crippen LogP contribution < -0.4 is 4.74 Å². The van der Waals surface area contributed by atoms with E-state index in [1.165, 1.54) is 0 Å². The molecular weight excluding hydrogens is 341 g/mol. The van der Waals surface area contributed by atoms with Crippen molar-refractivity contribution in [3.63, 3.8) is 0 Å². The summed E-state index contributed by atoms with van der Waals surface area (Å²) in [6.45, 7) is 1.95. The first-order valence-corrected chi connectivity index (χ1v) is 7.78. The van der Waals surface area contributed by atoms with Gasteiger partial charge in [0.1, 0.15) is 0 Å². The van der Waals surface area contributed by atoms with Gasteiger partial charge in [-0.3, -0.25) is 0 Å². The van der Waals surface area contributed by atoms with Crippen molar-refractivity contribution in [3.8, 4) is 5.75 Å². The fourth-order valence-corrected chi connectivity index (χ4v) is 2.80. The van der Waals surface area contributed by atoms with Gasteiger partial charge < -0.3 is 0 Å². The predicted octanol–water partition coefficient (Wildman–Crippen LogP) is 1.25. The Kier molecular flexibility index (Phi) is 5.19. The first-order chi connectivity index (χ1) is 10.2. The molecule has 0 radical (unpaired) electrons. The van der Waals surface area contributed by atoms with Gasteiger partial charge in [0.05, 0.1) is 0 Å². The Morgan fingerprint density at radius 3 is 2.67 bits per heavy atom. The zero-order valence-corrected chi connectivity index (χ0v) is 13.2. The minimum atomic E-state index is -0.882. The van der Waals surface area contributed by atoms with Gasteiger partial charge in [-0.25, -0.2) is 0 Å². The van der Waals surface area contributed by atoms with Crippen LogP contribution >= 0.6 is 0 Å². The molecule has 0 N–H and O–H groups in total. The van der Waals surface area contributed by atoms with Crippen LogP contribution in [0, 0.1) is 0 Å². The molecule has 0 spiro atoms. The van der Waals surface area contributed by atoms with Crippen molar-refractivity contribution in [2.24, 2.45) is 14.2 Å². The topological polar surface area (TPSA) is 89.7 Å². The molecule has 1 aromatic carbocycles. The molecule has 21 heavy (non-hydrogen) atoms. The number of amides is 1. The number of methoxy groups -OCH3 is 1. The van der Waals surface area contributed by atoms with E-state index in [1.54, 1.807) is 38.3 Å². The summed E-state index contributed by atoms with van der Waals surface area (Å²) in [5.74, 6) is -0.309. The Bertz CT molecular complexity index is 598. The van der Waals surface area contributed by atoms with E-state index in [2.05, 4.69) is 14.2 Å². The van der Waals surface area contributed by atoms with Gasteiger partial charge in [-0.05, 0) is 0 Å². The number of esters is 1. The second-order valence-electron chi connectivity index (χ2n) is 3.93. The van der Waals surface area contributed by atoms with Gasteiger partial charge in [0.15, 0.2) is 0 Å². The van der Waals surface area contributed by atoms with Crippen LogP contribution in [0.2, 0.25) is 0 Å². The Balaban J connectivity index is 2.14. The fraction of sp³-hybridized carbons (Fsp3) is 0.308. The summed E-state index contributed by atoms with van der Waals surface area (Å²) in [5, 5.41) is 3.78. The van der Waals surface area contributed by atoms with Gasteiger partial charge >= 0.3 is 127 Å². The molecule has 1 aromatic rings. The van der Waals surface area contributed by atoms with E-state index in [9.17, 15) is 9.59 Å². The molecule has 0 saturated carbocycles. The van der Waals surface area contributed by atoms with Gasteiger partial charge in [0.25, 0.3) is 0 Å². The van der Waals surface area contributed by atoms with Crippen LogP contribution in [0.25, 0.3) is 0 Å². The normalized spacial score (nSPS) is 18.8. The molecule has 7 nitrogen and oxygen atoms in total. The molecule has 1 amide bonds. The predicted molar refractivity (Wildman–Crippen MR) is 75.8 cm³/mol. The minimum absolute atomic E-state index is 0.248. The molecule has 1 unspecified atom stereocenters. The van der Waals surface area contributed by atoms with Crippen molar-refractivity contribution in [1.82, 2.24) is 0 Å². The van der Waals surface area contributed by atoms with Crippen LogP contribution in [-0.4, -0.2) is 51.4 Å². The SMILES string of the molecule is CCOC(=O)C1N=N[Se]C1=NC(=O)c1ccc(OC)cc1. The zero-order chi connectivity index (χ0) is 15.2. The van der Waals surface area contributed by atoms with Crippen molar-refractivity contribution in [1.29, 1.82) is 0 Å². The molecule has 0 saturated heterocycles. The quantitative estimate of drug-likeness (QED) is 0.601. The Hall–Kier alpha value is -2.05. The standard InChI is InChI=1S/C13H13N3O4Se/c1-3-20-13(18)10-12(21-16-15-10)14-11(17)8-4-6-9(19-2)7-5-8/h4-7,10H,3H2,1-2H3. The summed E-state index contributed by atoms with van der Waals surface area (Å²) < 4.78 is 14.1. The number of carbonyl (C=O) groups excluding carboxylic acids is 2. The first kappa shape index (κ1) is 15.3. The van der Waals surface area contributed by atoms with Crippen molar-refractivity contribution in [2.45, 2.75) is 13.0 Å². The number of hydrogen-bond donors (Lipinski definition) is 0. The van der Waals surface area contributed by atoms with Crippen LogP contribution in [0.5, 0.6) is 5.75 Å². The third kappa shape index (κ3) is 3.74. The van der Waals surface area contributed by atoms with E-state index < -0.39 is 33.1 Å². The molecule has 110 valence electrons. The number of carbonyl (C=O) groups is 2. The van der Waals surface area contributed by atoms with Gasteiger partial charge in [0.2, 0.25) is 0 Å². The third-order valence-electron chi connectivity index (χ3n) is 2.59. The van der Waals surface area contributed by atoms with E-state index in [1.807, 2.05) is 0 Å². The second kappa shape index (κ2) is 7.10. The molecule has 0 aromatic heterocycles. The van der Waals surface area contributed by atoms with Crippen molar-refractivity contribution >= 4 is 31.7 Å². The summed E-state index contributed by atoms with van der Waals surface area (Å²) in [6, 6.07) is 5.68. The van der Waals surface area contributed by atoms with Crippen LogP contribution in [0.1, 0.15) is 17.3 Å². The fourth-order valence-electron chi connectivity index (χ4n) is 1.56. The Morgan fingerprint density at radius 2 is 2.05 bits per heavy atom. The van der Waals surface area contributed by atoms with Gasteiger partial charge in [-0.2, -0.15) is 0 Å². The number of nitrogens with zero attached hydrogens (tertiary/aromatic N) is 3. The molecule has 2 rings (SSSR count). The zero-order valence-electron chi connectivity index (χ0n) is 11.5. The molecule has 1 aliphatic rings. The summed E-state index contributed by atoms with van der Waals surface area (Å²) in [5.41, 5.74) is 0.411. The van der Waals surface area contributed by atoms with Crippen molar-refractivity contribution < 1.29 is 19.1 Å². The summed E-state index contributed by atoms with van der Waals surface area (Å²) in [4.78, 5) is 27.7. The molecule has 0 aliphatic carbocycles. The van der Waals surface area contributed by atoms with Crippen molar-refractivity contribution in [2.75, 3.05) is 13.7 Å². The van der Waals surface area contributed by atoms with Gasteiger partial charge in [0, 0.05) is 0 Å². The maximum atomic E-state index is 12.1. The van der Waals surface area contributed by atoms with Crippen LogP contribution in [0.4, 0.5) is 0 Å². The maximum absolute atomic E-state index is 12.1. The van der Waals surface area contributed by atoms with Gasteiger partial charge in [-0.1, -0.05) is 0 Å². The third-order valence-corrected chi connectivity index (χ3v) is 4.01. The Labute approximate surface area is 127 Å². The summed E-state index contributed by atoms with van der Waals surface area (Å²) in [6.07, 6.45) is 0. The average molecular weight is 354 g/mol. The number of rotatable bonds is 4. The molecule has 8 heteroatoms. The summed E-state index contributed by atoms with van der Waals surface area (Å²) in [7, 11) is 1.55. The van der Waals surface area contributed by atoms with E-state index in [-0.39, 0.29) is 6.61 Å². The molecule has 1 atom stereocenters. The van der Waals surface area contributed by atoms with E-state index in [0.717, 1.165) is 0 Å². The molecule has 0 bridgehead atoms. The molecule has 1 heterocycles. The van der Waals surface area contributed by atoms with Crippen LogP contribution in [0.15, 0.2) is 38.5 Å². The monoisotopic (exact) mass is 355 g/mol. The second-order valence-corrected chi connectivity index (χ2v) is 5.53. The van der Waals surface area contributed by atoms with Crippen molar-refractivity contribution in [3.05, 3.63) is 29.8 Å². The number of benzene rings is 1. The van der Waals surface area contributed by atoms with E-state index in [0.29, 0.717) is 15.9 Å². The molecule has 0 fully saturated rings. The van der Waals surface area contributed by atoms with E-state index in [4.69, 9.17) is 9.47 Å². The molecule has 1 aliphatic heterocycles. The van der Waals surface area contributed by atoms with Crippen LogP contribution in [-0.2, 0) is 9.53 Å². The number of aliphatic imine (C=N–C) groups is 1. The first-order valence-electron chi connectivity index (χ1n) is 6.16. The molecular formula is C13H13N3O4Se. The van der Waals surface area contributed by atoms with Gasteiger partial charge in [-0.15, -0.1) is 0 Å². The number of ether oxygens (including phenoxy) is 2. The average Bonchev–Trinajstić information content (AvgIpc) is 2.95. The Morgan fingerprint density at radius 1 is 1.33 bits per heavy atom. The number of hydrogen-bond acceptors (Lipinski definition) is 6. The summed E-state index contributed by atoms with van der Waals surface area (Å²) >= 11 is -0.445. The van der Waals surface area contributed by atoms with E-state index >= 15 is 0 Å².